The number of imidazole rings is 1. The first-order chi connectivity index (χ1) is 20.3. The van der Waals surface area contributed by atoms with Gasteiger partial charge < -0.3 is 14.8 Å². The van der Waals surface area contributed by atoms with Crippen molar-refractivity contribution in [3.05, 3.63) is 113 Å². The topological polar surface area (TPSA) is 102 Å². The minimum absolute atomic E-state index is 0.0147. The quantitative estimate of drug-likeness (QED) is 0.219. The third kappa shape index (κ3) is 5.33. The summed E-state index contributed by atoms with van der Waals surface area (Å²) in [6.07, 6.45) is 10.9. The fourth-order valence-corrected chi connectivity index (χ4v) is 5.19. The first-order valence-corrected chi connectivity index (χ1v) is 13.9. The Kier molecular flexibility index (Phi) is 7.16. The minimum atomic E-state index is -1.10. The van der Waals surface area contributed by atoms with Gasteiger partial charge in [0.1, 0.15) is 11.5 Å². The van der Waals surface area contributed by atoms with Crippen molar-refractivity contribution < 1.29 is 19.1 Å². The molecule has 8 nitrogen and oxygen atoms in total. The van der Waals surface area contributed by atoms with Gasteiger partial charge in [0.2, 0.25) is 0 Å². The maximum atomic E-state index is 15.3. The summed E-state index contributed by atoms with van der Waals surface area (Å²) in [5.74, 6) is -1.46. The van der Waals surface area contributed by atoms with Crippen LogP contribution >= 0.6 is 0 Å². The first kappa shape index (κ1) is 27.1. The molecule has 1 aliphatic carbocycles. The van der Waals surface area contributed by atoms with Gasteiger partial charge in [0.15, 0.2) is 0 Å². The number of carbonyl (C=O) groups excluding carboxylic acids is 1. The van der Waals surface area contributed by atoms with Crippen LogP contribution in [0.4, 0.5) is 4.39 Å². The van der Waals surface area contributed by atoms with Crippen molar-refractivity contribution in [1.29, 1.82) is 0 Å². The molecule has 0 unspecified atom stereocenters. The van der Waals surface area contributed by atoms with Gasteiger partial charge in [0.05, 0.1) is 28.7 Å². The summed E-state index contributed by atoms with van der Waals surface area (Å²) in [6, 6.07) is 14.7. The van der Waals surface area contributed by atoms with Crippen molar-refractivity contribution in [2.75, 3.05) is 6.54 Å². The number of nitrogens with one attached hydrogen (secondary N) is 1. The van der Waals surface area contributed by atoms with E-state index in [1.54, 1.807) is 24.5 Å². The predicted octanol–water partition coefficient (Wildman–Crippen LogP) is 6.30. The second-order valence-corrected chi connectivity index (χ2v) is 10.6. The third-order valence-corrected chi connectivity index (χ3v) is 7.74. The number of carbonyl (C=O) groups is 2. The standard InChI is InChI=1S/C33H30FN5O3/c1-3-20(2)26-7-5-4-6-21(26)12-13-35-32(40)23-14-28(22-8-9-22)31-37-30(19-38(31)17-23)27-11-10-25(15-29(27)34)39-18-24(16-36-39)33(41)42/h3-7,10-11,14-19,22H,8-9,12-13H2,1-2H3,(H,35,40)(H,41,42)/b20-3-. The molecule has 0 radical (unpaired) electrons. The molecule has 42 heavy (non-hydrogen) atoms. The molecular weight excluding hydrogens is 533 g/mol. The van der Waals surface area contributed by atoms with E-state index in [1.165, 1.54) is 39.8 Å². The molecule has 0 bridgehead atoms. The van der Waals surface area contributed by atoms with Crippen LogP contribution in [0.1, 0.15) is 70.0 Å². The van der Waals surface area contributed by atoms with Crippen molar-refractivity contribution in [3.8, 4) is 16.9 Å². The fraction of sp³-hybridized carbons (Fsp3) is 0.212. The number of hydrogen-bond donors (Lipinski definition) is 2. The van der Waals surface area contributed by atoms with E-state index < -0.39 is 11.8 Å². The monoisotopic (exact) mass is 563 g/mol. The van der Waals surface area contributed by atoms with E-state index in [4.69, 9.17) is 10.1 Å². The van der Waals surface area contributed by atoms with Gasteiger partial charge in [-0.1, -0.05) is 30.3 Å². The summed E-state index contributed by atoms with van der Waals surface area (Å²) >= 11 is 0. The van der Waals surface area contributed by atoms with Gasteiger partial charge in [-0.15, -0.1) is 0 Å². The third-order valence-electron chi connectivity index (χ3n) is 7.74. The van der Waals surface area contributed by atoms with Crippen LogP contribution < -0.4 is 5.32 Å². The van der Waals surface area contributed by atoms with Crippen LogP contribution in [0.15, 0.2) is 79.4 Å². The largest absolute Gasteiger partial charge is 0.478 e. The Morgan fingerprint density at radius 1 is 1.10 bits per heavy atom. The lowest BCUT2D eigenvalue weighted by atomic mass is 9.98. The highest BCUT2D eigenvalue weighted by Gasteiger charge is 2.28. The second-order valence-electron chi connectivity index (χ2n) is 10.6. The van der Waals surface area contributed by atoms with Crippen molar-refractivity contribution in [3.63, 3.8) is 0 Å². The first-order valence-electron chi connectivity index (χ1n) is 13.9. The average molecular weight is 564 g/mol. The normalized spacial score (nSPS) is 13.5. The van der Waals surface area contributed by atoms with Crippen LogP contribution in [0.25, 0.3) is 28.2 Å². The number of pyridine rings is 1. The van der Waals surface area contributed by atoms with Crippen LogP contribution in [0, 0.1) is 5.82 Å². The van der Waals surface area contributed by atoms with E-state index in [0.717, 1.165) is 18.4 Å². The van der Waals surface area contributed by atoms with Crippen LogP contribution in [0.2, 0.25) is 0 Å². The van der Waals surface area contributed by atoms with Crippen molar-refractivity contribution in [2.45, 2.75) is 39.0 Å². The summed E-state index contributed by atoms with van der Waals surface area (Å²) in [4.78, 5) is 29.2. The molecule has 212 valence electrons. The van der Waals surface area contributed by atoms with E-state index in [2.05, 4.69) is 35.5 Å². The Morgan fingerprint density at radius 2 is 1.90 bits per heavy atom. The number of rotatable bonds is 9. The number of carboxylic acids is 1. The molecule has 3 heterocycles. The summed E-state index contributed by atoms with van der Waals surface area (Å²) < 4.78 is 18.4. The molecular formula is C33H30FN5O3. The molecule has 1 fully saturated rings. The van der Waals surface area contributed by atoms with Gasteiger partial charge >= 0.3 is 5.97 Å². The fourth-order valence-electron chi connectivity index (χ4n) is 5.19. The van der Waals surface area contributed by atoms with E-state index in [1.807, 2.05) is 29.5 Å². The number of carboxylic acid groups (broad SMARTS) is 1. The summed E-state index contributed by atoms with van der Waals surface area (Å²) in [7, 11) is 0. The molecule has 0 aliphatic heterocycles. The van der Waals surface area contributed by atoms with Crippen LogP contribution in [-0.2, 0) is 6.42 Å². The van der Waals surface area contributed by atoms with Crippen molar-refractivity contribution in [2.24, 2.45) is 0 Å². The minimum Gasteiger partial charge on any atom is -0.478 e. The molecule has 2 N–H and O–H groups in total. The van der Waals surface area contributed by atoms with Gasteiger partial charge in [-0.05, 0) is 79.5 Å². The van der Waals surface area contributed by atoms with E-state index in [-0.39, 0.29) is 11.5 Å². The molecule has 3 aromatic heterocycles. The molecule has 0 saturated heterocycles. The lowest BCUT2D eigenvalue weighted by Gasteiger charge is -2.11. The Bertz CT molecular complexity index is 1860. The summed E-state index contributed by atoms with van der Waals surface area (Å²) in [5, 5.41) is 16.2. The average Bonchev–Trinajstić information content (AvgIpc) is 3.54. The van der Waals surface area contributed by atoms with Crippen LogP contribution in [-0.4, -0.2) is 42.7 Å². The lowest BCUT2D eigenvalue weighted by molar-refractivity contribution is 0.0696. The highest BCUT2D eigenvalue weighted by Crippen LogP contribution is 2.42. The smallest absolute Gasteiger partial charge is 0.338 e. The SMILES string of the molecule is C/C=C(/C)c1ccccc1CCNC(=O)c1cc(C2CC2)c2nc(-c3ccc(-n4cc(C(=O)O)cn4)cc3F)cn2c1. The van der Waals surface area contributed by atoms with Gasteiger partial charge in [-0.25, -0.2) is 18.9 Å². The number of halogens is 1. The number of allylic oxidation sites excluding steroid dienone is 2. The number of amides is 1. The van der Waals surface area contributed by atoms with Crippen molar-refractivity contribution >= 4 is 23.1 Å². The Morgan fingerprint density at radius 3 is 2.62 bits per heavy atom. The lowest BCUT2D eigenvalue weighted by Crippen LogP contribution is -2.26. The number of hydrogen-bond acceptors (Lipinski definition) is 4. The van der Waals surface area contributed by atoms with Crippen molar-refractivity contribution in [1.82, 2.24) is 24.5 Å². The second kappa shape index (κ2) is 11.1. The highest BCUT2D eigenvalue weighted by atomic mass is 19.1. The van der Waals surface area contributed by atoms with E-state index in [9.17, 15) is 9.59 Å². The maximum absolute atomic E-state index is 15.3. The van der Waals surface area contributed by atoms with E-state index >= 15 is 4.39 Å². The summed E-state index contributed by atoms with van der Waals surface area (Å²) in [5.41, 5.74) is 6.96. The van der Waals surface area contributed by atoms with Gasteiger partial charge in [-0.2, -0.15) is 5.10 Å². The zero-order valence-corrected chi connectivity index (χ0v) is 23.3. The molecule has 9 heteroatoms. The number of fused-ring (bicyclic) bond motifs is 1. The molecule has 5 aromatic rings. The van der Waals surface area contributed by atoms with Gasteiger partial charge in [0, 0.05) is 36.8 Å². The predicted molar refractivity (Wildman–Crippen MR) is 158 cm³/mol. The molecule has 1 aliphatic rings. The van der Waals surface area contributed by atoms with E-state index in [0.29, 0.717) is 47.0 Å². The Hall–Kier alpha value is -5.05. The summed E-state index contributed by atoms with van der Waals surface area (Å²) in [6.45, 7) is 4.61. The maximum Gasteiger partial charge on any atom is 0.338 e. The molecule has 1 amide bonds. The van der Waals surface area contributed by atoms with Gasteiger partial charge in [0.25, 0.3) is 5.91 Å². The Balaban J connectivity index is 1.24. The zero-order valence-electron chi connectivity index (χ0n) is 23.3. The molecule has 6 rings (SSSR count). The van der Waals surface area contributed by atoms with Gasteiger partial charge in [-0.3, -0.25) is 4.79 Å². The number of aromatic carboxylic acids is 1. The number of aromatic nitrogens is 4. The zero-order chi connectivity index (χ0) is 29.4. The number of benzene rings is 2. The van der Waals surface area contributed by atoms with Crippen LogP contribution in [0.3, 0.4) is 0 Å². The highest BCUT2D eigenvalue weighted by molar-refractivity contribution is 5.94. The number of nitrogens with zero attached hydrogens (tertiary/aromatic N) is 4. The molecule has 2 aromatic carbocycles. The molecule has 1 saturated carbocycles. The molecule has 0 spiro atoms. The molecule has 0 atom stereocenters. The van der Waals surface area contributed by atoms with Crippen LogP contribution in [0.5, 0.6) is 0 Å². The Labute approximate surface area is 242 Å².